The molecule has 0 bridgehead atoms. The molecule has 0 aliphatic rings. The Morgan fingerprint density at radius 2 is 1.25 bits per heavy atom. The van der Waals surface area contributed by atoms with Crippen molar-refractivity contribution in [2.75, 3.05) is 14.1 Å². The minimum Gasteiger partial charge on any atom is -0.312 e. The normalized spacial score (nSPS) is 13.0. The SMILES string of the molecule is CN(C)C(c1ccncc1)P(=O)(c1ccccc1)c1ccccc1. The van der Waals surface area contributed by atoms with Crippen molar-refractivity contribution in [2.45, 2.75) is 5.78 Å². The summed E-state index contributed by atoms with van der Waals surface area (Å²) in [5.74, 6) is -0.245. The highest BCUT2D eigenvalue weighted by Crippen LogP contribution is 2.57. The number of pyridine rings is 1. The topological polar surface area (TPSA) is 33.2 Å². The Labute approximate surface area is 143 Å². The lowest BCUT2D eigenvalue weighted by Crippen LogP contribution is -2.29. The first-order valence-corrected chi connectivity index (χ1v) is 9.69. The molecule has 1 atom stereocenters. The zero-order chi connectivity index (χ0) is 17.0. The van der Waals surface area contributed by atoms with Gasteiger partial charge in [-0.25, -0.2) is 0 Å². The summed E-state index contributed by atoms with van der Waals surface area (Å²) in [5, 5.41) is 1.73. The average molecular weight is 336 g/mol. The maximum absolute atomic E-state index is 14.5. The molecule has 3 rings (SSSR count). The lowest BCUT2D eigenvalue weighted by atomic mass is 10.2. The second-order valence-corrected chi connectivity index (χ2v) is 8.78. The van der Waals surface area contributed by atoms with Crippen LogP contribution >= 0.6 is 7.14 Å². The third-order valence-electron chi connectivity index (χ3n) is 4.12. The standard InChI is InChI=1S/C20H21N2OP/c1-22(2)20(17-13-15-21-16-14-17)24(23,18-9-5-3-6-10-18)19-11-7-4-8-12-19/h3-16,20H,1-2H3. The van der Waals surface area contributed by atoms with E-state index in [9.17, 15) is 4.57 Å². The molecule has 0 spiro atoms. The van der Waals surface area contributed by atoms with E-state index in [1.54, 1.807) is 12.4 Å². The van der Waals surface area contributed by atoms with Crippen molar-refractivity contribution in [3.05, 3.63) is 90.8 Å². The molecule has 1 unspecified atom stereocenters. The molecule has 3 nitrogen and oxygen atoms in total. The molecule has 0 aliphatic carbocycles. The monoisotopic (exact) mass is 336 g/mol. The zero-order valence-corrected chi connectivity index (χ0v) is 14.8. The van der Waals surface area contributed by atoms with Gasteiger partial charge in [-0.1, -0.05) is 60.7 Å². The van der Waals surface area contributed by atoms with Crippen LogP contribution in [0, 0.1) is 0 Å². The Bertz CT molecular complexity index is 777. The molecule has 1 heterocycles. The molecule has 0 saturated heterocycles. The minimum atomic E-state index is -2.91. The molecule has 24 heavy (non-hydrogen) atoms. The summed E-state index contributed by atoms with van der Waals surface area (Å²) < 4.78 is 14.5. The van der Waals surface area contributed by atoms with E-state index in [0.717, 1.165) is 16.2 Å². The van der Waals surface area contributed by atoms with Crippen molar-refractivity contribution in [1.82, 2.24) is 9.88 Å². The molecular weight excluding hydrogens is 315 g/mol. The molecule has 0 aliphatic heterocycles. The van der Waals surface area contributed by atoms with Gasteiger partial charge < -0.3 is 4.57 Å². The quantitative estimate of drug-likeness (QED) is 0.667. The van der Waals surface area contributed by atoms with Crippen molar-refractivity contribution in [3.8, 4) is 0 Å². The third-order valence-corrected chi connectivity index (χ3v) is 7.70. The van der Waals surface area contributed by atoms with Crippen molar-refractivity contribution < 1.29 is 4.57 Å². The Morgan fingerprint density at radius 3 is 1.67 bits per heavy atom. The van der Waals surface area contributed by atoms with Gasteiger partial charge in [0.25, 0.3) is 0 Å². The fraction of sp³-hybridized carbons (Fsp3) is 0.150. The van der Waals surface area contributed by atoms with Crippen LogP contribution in [-0.4, -0.2) is 24.0 Å². The summed E-state index contributed by atoms with van der Waals surface area (Å²) in [6, 6.07) is 23.5. The van der Waals surface area contributed by atoms with Crippen molar-refractivity contribution >= 4 is 17.8 Å². The van der Waals surface area contributed by atoms with Gasteiger partial charge in [-0.15, -0.1) is 0 Å². The molecule has 2 aromatic carbocycles. The van der Waals surface area contributed by atoms with E-state index in [0.29, 0.717) is 0 Å². The number of aromatic nitrogens is 1. The summed E-state index contributed by atoms with van der Waals surface area (Å²) in [6.07, 6.45) is 3.51. The highest BCUT2D eigenvalue weighted by atomic mass is 31.2. The highest BCUT2D eigenvalue weighted by molar-refractivity contribution is 7.78. The predicted octanol–water partition coefficient (Wildman–Crippen LogP) is 3.66. The maximum atomic E-state index is 14.5. The van der Waals surface area contributed by atoms with Gasteiger partial charge in [0, 0.05) is 23.0 Å². The minimum absolute atomic E-state index is 0.245. The Hall–Kier alpha value is -2.22. The van der Waals surface area contributed by atoms with E-state index < -0.39 is 7.14 Å². The van der Waals surface area contributed by atoms with Gasteiger partial charge in [-0.2, -0.15) is 0 Å². The van der Waals surface area contributed by atoms with Gasteiger partial charge in [0.15, 0.2) is 7.14 Å². The molecule has 1 aromatic heterocycles. The van der Waals surface area contributed by atoms with Gasteiger partial charge >= 0.3 is 0 Å². The van der Waals surface area contributed by atoms with E-state index in [2.05, 4.69) is 4.98 Å². The van der Waals surface area contributed by atoms with E-state index >= 15 is 0 Å². The van der Waals surface area contributed by atoms with Crippen molar-refractivity contribution in [2.24, 2.45) is 0 Å². The Morgan fingerprint density at radius 1 is 0.792 bits per heavy atom. The Kier molecular flexibility index (Phi) is 4.94. The summed E-state index contributed by atoms with van der Waals surface area (Å²) in [7, 11) is 1.04. The van der Waals surface area contributed by atoms with E-state index in [1.165, 1.54) is 0 Å². The molecule has 122 valence electrons. The summed E-state index contributed by atoms with van der Waals surface area (Å²) in [5.41, 5.74) is 1.01. The number of benzene rings is 2. The maximum Gasteiger partial charge on any atom is 0.163 e. The lowest BCUT2D eigenvalue weighted by Gasteiger charge is -2.33. The second kappa shape index (κ2) is 7.12. The average Bonchev–Trinajstić information content (AvgIpc) is 2.64. The van der Waals surface area contributed by atoms with Gasteiger partial charge in [-0.05, 0) is 31.8 Å². The highest BCUT2D eigenvalue weighted by Gasteiger charge is 2.39. The van der Waals surface area contributed by atoms with E-state index in [1.807, 2.05) is 91.8 Å². The van der Waals surface area contributed by atoms with Crippen LogP contribution < -0.4 is 10.6 Å². The first kappa shape index (κ1) is 16.6. The van der Waals surface area contributed by atoms with Gasteiger partial charge in [0.1, 0.15) is 0 Å². The van der Waals surface area contributed by atoms with E-state index in [-0.39, 0.29) is 5.78 Å². The van der Waals surface area contributed by atoms with Crippen LogP contribution in [-0.2, 0) is 4.57 Å². The summed E-state index contributed by atoms with van der Waals surface area (Å²) in [4.78, 5) is 6.14. The van der Waals surface area contributed by atoms with Gasteiger partial charge in [0.05, 0.1) is 5.78 Å². The first-order chi connectivity index (χ1) is 11.6. The Balaban J connectivity index is 2.26. The fourth-order valence-corrected chi connectivity index (χ4v) is 6.43. The van der Waals surface area contributed by atoms with Crippen LogP contribution in [0.1, 0.15) is 11.3 Å². The molecule has 4 heteroatoms. The zero-order valence-electron chi connectivity index (χ0n) is 13.9. The van der Waals surface area contributed by atoms with Crippen LogP contribution in [0.25, 0.3) is 0 Å². The van der Waals surface area contributed by atoms with Gasteiger partial charge in [-0.3, -0.25) is 9.88 Å². The van der Waals surface area contributed by atoms with E-state index in [4.69, 9.17) is 0 Å². The van der Waals surface area contributed by atoms with Crippen molar-refractivity contribution in [1.29, 1.82) is 0 Å². The second-order valence-electron chi connectivity index (χ2n) is 5.95. The van der Waals surface area contributed by atoms with Crippen molar-refractivity contribution in [3.63, 3.8) is 0 Å². The largest absolute Gasteiger partial charge is 0.312 e. The summed E-state index contributed by atoms with van der Waals surface area (Å²) in [6.45, 7) is 0. The molecular formula is C20H21N2OP. The number of rotatable bonds is 5. The predicted molar refractivity (Wildman–Crippen MR) is 100 cm³/mol. The van der Waals surface area contributed by atoms with Crippen LogP contribution in [0.15, 0.2) is 85.2 Å². The first-order valence-electron chi connectivity index (χ1n) is 7.91. The third kappa shape index (κ3) is 3.06. The van der Waals surface area contributed by atoms with Crippen LogP contribution in [0.4, 0.5) is 0 Å². The lowest BCUT2D eigenvalue weighted by molar-refractivity contribution is 0.374. The number of hydrogen-bond donors (Lipinski definition) is 0. The van der Waals surface area contributed by atoms with Gasteiger partial charge in [0.2, 0.25) is 0 Å². The molecule has 3 aromatic rings. The summed E-state index contributed by atoms with van der Waals surface area (Å²) >= 11 is 0. The molecule has 0 saturated carbocycles. The smallest absolute Gasteiger partial charge is 0.163 e. The molecule has 0 amide bonds. The number of hydrogen-bond acceptors (Lipinski definition) is 3. The molecule has 0 radical (unpaired) electrons. The molecule has 0 fully saturated rings. The van der Waals surface area contributed by atoms with Crippen LogP contribution in [0.2, 0.25) is 0 Å². The number of nitrogens with zero attached hydrogens (tertiary/aromatic N) is 2. The van der Waals surface area contributed by atoms with Crippen LogP contribution in [0.5, 0.6) is 0 Å². The fourth-order valence-electron chi connectivity index (χ4n) is 3.10. The molecule has 0 N–H and O–H groups in total. The van der Waals surface area contributed by atoms with Crippen LogP contribution in [0.3, 0.4) is 0 Å².